The van der Waals surface area contributed by atoms with Crippen molar-refractivity contribution < 1.29 is 5.11 Å². The first-order valence-electron chi connectivity index (χ1n) is 4.32. The molecule has 0 aliphatic rings. The molecule has 0 saturated carbocycles. The van der Waals surface area contributed by atoms with Gasteiger partial charge in [-0.25, -0.2) is 4.98 Å². The Hall–Kier alpha value is -0.320. The lowest BCUT2D eigenvalue weighted by atomic mass is 10.2. The van der Waals surface area contributed by atoms with Crippen LogP contribution in [0.3, 0.4) is 0 Å². The number of hydrogen-bond donors (Lipinski definition) is 1. The Kier molecular flexibility index (Phi) is 3.72. The molecule has 1 N–H and O–H groups in total. The molecule has 1 aromatic carbocycles. The fraction of sp³-hybridized carbons (Fsp3) is 0.100. The maximum atomic E-state index is 8.93. The minimum atomic E-state index is -0.0798. The molecule has 0 bridgehead atoms. The summed E-state index contributed by atoms with van der Waals surface area (Å²) in [5.74, 6) is 0. The second-order valence-electron chi connectivity index (χ2n) is 3.03. The second-order valence-corrected chi connectivity index (χ2v) is 5.20. The summed E-state index contributed by atoms with van der Waals surface area (Å²) in [5, 5.41) is 12.7. The normalized spacial score (nSPS) is 10.8. The zero-order valence-corrected chi connectivity index (χ0v) is 11.0. The Bertz CT molecular complexity index is 527. The quantitative estimate of drug-likeness (QED) is 0.839. The molecule has 16 heavy (non-hydrogen) atoms. The predicted octanol–water partition coefficient (Wildman–Crippen LogP) is 4.26. The van der Waals surface area contributed by atoms with Crippen molar-refractivity contribution in [3.8, 4) is 11.3 Å². The van der Waals surface area contributed by atoms with Crippen molar-refractivity contribution in [2.45, 2.75) is 6.61 Å². The number of aliphatic hydroxyl groups excluding tert-OH is 1. The highest BCUT2D eigenvalue weighted by atomic mass is 35.5. The van der Waals surface area contributed by atoms with E-state index in [9.17, 15) is 0 Å². The Morgan fingerprint density at radius 3 is 2.44 bits per heavy atom. The highest BCUT2D eigenvalue weighted by Crippen LogP contribution is 2.35. The minimum Gasteiger partial charge on any atom is -0.389 e. The van der Waals surface area contributed by atoms with Crippen LogP contribution in [0.25, 0.3) is 11.3 Å². The van der Waals surface area contributed by atoms with Crippen molar-refractivity contribution in [3.63, 3.8) is 0 Å². The summed E-state index contributed by atoms with van der Waals surface area (Å²) < 4.78 is 0. The summed E-state index contributed by atoms with van der Waals surface area (Å²) in [6.45, 7) is -0.0798. The fourth-order valence-electron chi connectivity index (χ4n) is 1.23. The number of aromatic nitrogens is 1. The summed E-state index contributed by atoms with van der Waals surface area (Å²) in [4.78, 5) is 4.21. The van der Waals surface area contributed by atoms with Crippen molar-refractivity contribution in [2.75, 3.05) is 0 Å². The molecule has 0 aliphatic heterocycles. The largest absolute Gasteiger partial charge is 0.389 e. The number of aliphatic hydroxyl groups is 1. The molecule has 0 unspecified atom stereocenters. The average Bonchev–Trinajstić information content (AvgIpc) is 2.71. The molecule has 0 saturated heterocycles. The Morgan fingerprint density at radius 1 is 1.12 bits per heavy atom. The van der Waals surface area contributed by atoms with Gasteiger partial charge in [0.25, 0.3) is 0 Å². The molecular weight excluding hydrogens is 289 g/mol. The van der Waals surface area contributed by atoms with Gasteiger partial charge in [0, 0.05) is 10.9 Å². The molecular formula is C10H6Cl3NOS. The molecule has 1 heterocycles. The molecule has 2 aromatic rings. The Balaban J connectivity index is 2.51. The van der Waals surface area contributed by atoms with E-state index in [2.05, 4.69) is 4.98 Å². The molecule has 0 fully saturated rings. The monoisotopic (exact) mass is 293 g/mol. The lowest BCUT2D eigenvalue weighted by molar-refractivity contribution is 0.281. The van der Waals surface area contributed by atoms with Crippen molar-refractivity contribution in [2.24, 2.45) is 0 Å². The number of rotatable bonds is 2. The molecule has 0 radical (unpaired) electrons. The first-order chi connectivity index (χ1) is 7.61. The first kappa shape index (κ1) is 12.1. The third kappa shape index (κ3) is 2.34. The zero-order chi connectivity index (χ0) is 11.7. The van der Waals surface area contributed by atoms with E-state index in [0.717, 1.165) is 0 Å². The van der Waals surface area contributed by atoms with Crippen LogP contribution in [-0.2, 0) is 6.61 Å². The van der Waals surface area contributed by atoms with Gasteiger partial charge in [-0.05, 0) is 12.1 Å². The van der Waals surface area contributed by atoms with E-state index in [-0.39, 0.29) is 6.61 Å². The predicted molar refractivity (Wildman–Crippen MR) is 68.5 cm³/mol. The van der Waals surface area contributed by atoms with Crippen LogP contribution < -0.4 is 0 Å². The van der Waals surface area contributed by atoms with Gasteiger partial charge in [0.1, 0.15) is 5.01 Å². The van der Waals surface area contributed by atoms with Crippen molar-refractivity contribution >= 4 is 46.1 Å². The minimum absolute atomic E-state index is 0.0798. The van der Waals surface area contributed by atoms with Crippen molar-refractivity contribution in [1.82, 2.24) is 4.98 Å². The third-order valence-electron chi connectivity index (χ3n) is 1.97. The van der Waals surface area contributed by atoms with Crippen LogP contribution in [-0.4, -0.2) is 10.1 Å². The molecule has 0 atom stereocenters. The lowest BCUT2D eigenvalue weighted by Gasteiger charge is -2.03. The fourth-order valence-corrected chi connectivity index (χ4v) is 2.52. The molecule has 0 amide bonds. The summed E-state index contributed by atoms with van der Waals surface area (Å²) in [5.41, 5.74) is 1.41. The maximum Gasteiger partial charge on any atom is 0.119 e. The van der Waals surface area contributed by atoms with E-state index in [1.54, 1.807) is 12.1 Å². The van der Waals surface area contributed by atoms with Gasteiger partial charge in [-0.3, -0.25) is 0 Å². The van der Waals surface area contributed by atoms with Crippen molar-refractivity contribution in [1.29, 1.82) is 0 Å². The lowest BCUT2D eigenvalue weighted by Crippen LogP contribution is -1.84. The summed E-state index contributed by atoms with van der Waals surface area (Å²) in [6, 6.07) is 3.25. The van der Waals surface area contributed by atoms with E-state index < -0.39 is 0 Å². The molecule has 0 aliphatic carbocycles. The average molecular weight is 295 g/mol. The van der Waals surface area contributed by atoms with E-state index in [1.165, 1.54) is 11.3 Å². The molecule has 6 heteroatoms. The summed E-state index contributed by atoms with van der Waals surface area (Å²) >= 11 is 19.2. The number of thiazole rings is 1. The Morgan fingerprint density at radius 2 is 1.81 bits per heavy atom. The van der Waals surface area contributed by atoms with Gasteiger partial charge in [0.15, 0.2) is 0 Å². The van der Waals surface area contributed by atoms with Gasteiger partial charge in [-0.1, -0.05) is 34.8 Å². The Labute approximate surface area is 111 Å². The highest BCUT2D eigenvalue weighted by Gasteiger charge is 2.11. The van der Waals surface area contributed by atoms with Crippen LogP contribution >= 0.6 is 46.1 Å². The second kappa shape index (κ2) is 4.90. The highest BCUT2D eigenvalue weighted by molar-refractivity contribution is 7.09. The maximum absolute atomic E-state index is 8.93. The van der Waals surface area contributed by atoms with Gasteiger partial charge >= 0.3 is 0 Å². The van der Waals surface area contributed by atoms with E-state index in [1.807, 2.05) is 5.38 Å². The van der Waals surface area contributed by atoms with Crippen LogP contribution in [0.2, 0.25) is 15.1 Å². The van der Waals surface area contributed by atoms with Gasteiger partial charge in [0.05, 0.1) is 27.4 Å². The zero-order valence-electron chi connectivity index (χ0n) is 7.88. The van der Waals surface area contributed by atoms with Gasteiger partial charge in [-0.15, -0.1) is 11.3 Å². The number of nitrogens with zero attached hydrogens (tertiary/aromatic N) is 1. The molecule has 84 valence electrons. The van der Waals surface area contributed by atoms with E-state index >= 15 is 0 Å². The van der Waals surface area contributed by atoms with E-state index in [0.29, 0.717) is 31.3 Å². The van der Waals surface area contributed by atoms with Crippen molar-refractivity contribution in [3.05, 3.63) is 37.6 Å². The van der Waals surface area contributed by atoms with Crippen LogP contribution in [0.15, 0.2) is 17.5 Å². The smallest absolute Gasteiger partial charge is 0.119 e. The van der Waals surface area contributed by atoms with Gasteiger partial charge in [-0.2, -0.15) is 0 Å². The first-order valence-corrected chi connectivity index (χ1v) is 6.33. The topological polar surface area (TPSA) is 33.1 Å². The van der Waals surface area contributed by atoms with Crippen LogP contribution in [0.1, 0.15) is 5.01 Å². The van der Waals surface area contributed by atoms with Gasteiger partial charge < -0.3 is 5.11 Å². The molecule has 2 rings (SSSR count). The van der Waals surface area contributed by atoms with Crippen LogP contribution in [0.4, 0.5) is 0 Å². The molecule has 1 aromatic heterocycles. The summed E-state index contributed by atoms with van der Waals surface area (Å²) in [7, 11) is 0. The van der Waals surface area contributed by atoms with Crippen LogP contribution in [0, 0.1) is 0 Å². The van der Waals surface area contributed by atoms with E-state index in [4.69, 9.17) is 39.9 Å². The van der Waals surface area contributed by atoms with Crippen LogP contribution in [0.5, 0.6) is 0 Å². The molecule has 2 nitrogen and oxygen atoms in total. The summed E-state index contributed by atoms with van der Waals surface area (Å²) in [6.07, 6.45) is 0. The van der Waals surface area contributed by atoms with Gasteiger partial charge in [0.2, 0.25) is 0 Å². The standard InChI is InChI=1S/C10H6Cl3NOS/c11-6-2-8(13)7(12)1-5(6)9-4-16-10(3-15)14-9/h1-2,4,15H,3H2. The molecule has 0 spiro atoms. The third-order valence-corrected chi connectivity index (χ3v) is 3.84. The number of hydrogen-bond acceptors (Lipinski definition) is 3. The SMILES string of the molecule is OCc1nc(-c2cc(Cl)c(Cl)cc2Cl)cs1. The number of benzene rings is 1. The number of halogens is 3.